The van der Waals surface area contributed by atoms with E-state index in [1.807, 2.05) is 41.5 Å². The van der Waals surface area contributed by atoms with Crippen LogP contribution in [0, 0.1) is 43.9 Å². The van der Waals surface area contributed by atoms with Crippen molar-refractivity contribution in [1.82, 2.24) is 34.7 Å². The van der Waals surface area contributed by atoms with Crippen LogP contribution in [0.15, 0.2) is 48.5 Å². The molecule has 4 saturated heterocycles. The number of halogens is 1. The highest BCUT2D eigenvalue weighted by Crippen LogP contribution is 2.24. The van der Waals surface area contributed by atoms with E-state index in [4.69, 9.17) is 55.6 Å². The standard InChI is InChI=1S/C17H32N2O4.C16H20N2O7.C12H24N2O2.C9H17NO3.C7H4ClNO4.C6H16N2/c1-6-18(7-2)10-8-9-15(20)22-13-14-11-19(12-14)16(21)23-17(3,4)5;1-16(2,3)25-14(19)17-8-11(9-17)10-23-15(20)24-13-6-4-12(5-7-13)18(21)22;1-3-14(4-2)7-5-6-12(15)16-10-11-8-13-9-11;1-9(2,3)13-8(12)10-4-7(5-10)6-11;8-7(10)13-6-3-1-5(2-4-6)9(11)12;1-3-8(4-2)6-5-7/h14H,6-13H2,1-5H3;4-7,11H,8-10H2,1-3H3;11,13H,3-10H2,1-2H3;7,11H,4-6H2,1-3H3;1-4H;3-7H2,1-2H3. The summed E-state index contributed by atoms with van der Waals surface area (Å²) >= 11 is 4.92. The number of ether oxygens (including phenoxy) is 8. The van der Waals surface area contributed by atoms with Gasteiger partial charge in [-0.25, -0.2) is 24.0 Å². The van der Waals surface area contributed by atoms with Crippen molar-refractivity contribution in [3.63, 3.8) is 0 Å². The summed E-state index contributed by atoms with van der Waals surface area (Å²) in [6, 6.07) is 10.1. The van der Waals surface area contributed by atoms with Gasteiger partial charge in [0.25, 0.3) is 11.4 Å². The molecule has 0 spiro atoms. The summed E-state index contributed by atoms with van der Waals surface area (Å²) in [5.41, 5.74) is 2.74. The molecule has 4 fully saturated rings. The molecule has 4 aliphatic heterocycles. The Morgan fingerprint density at radius 1 is 0.520 bits per heavy atom. The van der Waals surface area contributed by atoms with Crippen LogP contribution in [-0.4, -0.2) is 247 Å². The number of nitrogens with one attached hydrogen (secondary N) is 1. The highest BCUT2D eigenvalue weighted by molar-refractivity contribution is 6.61. The summed E-state index contributed by atoms with van der Waals surface area (Å²) in [4.78, 5) is 111. The van der Waals surface area contributed by atoms with E-state index in [1.54, 1.807) is 30.6 Å². The van der Waals surface area contributed by atoms with Crippen molar-refractivity contribution in [1.29, 1.82) is 0 Å². The number of aliphatic hydroxyl groups is 1. The van der Waals surface area contributed by atoms with E-state index in [2.05, 4.69) is 66.3 Å². The number of nitro groups is 2. The first kappa shape index (κ1) is 88.8. The molecule has 6 rings (SSSR count). The molecule has 2 aromatic carbocycles. The number of carbonyl (C=O) groups excluding carboxylic acids is 7. The normalized spacial score (nSPS) is 14.5. The number of nitrogens with two attached hydrogens (primary N) is 1. The minimum absolute atomic E-state index is 0.0249. The SMILES string of the molecule is CC(C)(C)OC(=O)N1CC(CO)C1.CC(C)(C)OC(=O)N1CC(COC(=O)Oc2ccc([N+](=O)[O-])cc2)C1.CCN(CC)CCCC(=O)OCC1CN(C(=O)OC(C)(C)C)C1.CCN(CC)CCCC(=O)OCC1CNC1.CCN(CC)CCN.O=C(Cl)Oc1ccc([N+](=O)[O-])cc1. The van der Waals surface area contributed by atoms with Crippen LogP contribution in [0.3, 0.4) is 0 Å². The van der Waals surface area contributed by atoms with Crippen LogP contribution in [0.4, 0.5) is 35.3 Å². The number of likely N-dealkylation sites (tertiary alicyclic amines) is 3. The number of hydrogen-bond donors (Lipinski definition) is 3. The predicted octanol–water partition coefficient (Wildman–Crippen LogP) is 9.83. The number of esters is 2. The van der Waals surface area contributed by atoms with Crippen molar-refractivity contribution in [2.75, 3.05) is 144 Å². The van der Waals surface area contributed by atoms with Crippen LogP contribution in [0.1, 0.15) is 130 Å². The number of hydrogen-bond acceptors (Lipinski definition) is 25. The molecule has 0 aliphatic carbocycles. The minimum Gasteiger partial charge on any atom is -0.465 e. The molecular formula is C67H113ClN10O20. The molecule has 4 N–H and O–H groups in total. The number of nitrogens with zero attached hydrogens (tertiary/aromatic N) is 8. The molecule has 3 amide bonds. The fourth-order valence-corrected chi connectivity index (χ4v) is 8.96. The van der Waals surface area contributed by atoms with Crippen molar-refractivity contribution in [2.45, 2.75) is 146 Å². The Kier molecular flexibility index (Phi) is 42.5. The maximum absolute atomic E-state index is 11.8. The van der Waals surface area contributed by atoms with Gasteiger partial charge in [-0.05, 0) is 152 Å². The second-order valence-electron chi connectivity index (χ2n) is 26.4. The Morgan fingerprint density at radius 3 is 1.11 bits per heavy atom. The molecule has 0 bridgehead atoms. The molecule has 0 aromatic heterocycles. The van der Waals surface area contributed by atoms with Crippen LogP contribution in [0.5, 0.6) is 11.5 Å². The van der Waals surface area contributed by atoms with Crippen LogP contribution in [0.25, 0.3) is 0 Å². The maximum atomic E-state index is 11.8. The number of non-ortho nitro benzene ring substituents is 2. The molecule has 31 heteroatoms. The summed E-state index contributed by atoms with van der Waals surface area (Å²) in [6.45, 7) is 45.9. The van der Waals surface area contributed by atoms with Gasteiger partial charge >= 0.3 is 41.8 Å². The number of carbonyl (C=O) groups is 7. The Balaban J connectivity index is 0.000000608. The Morgan fingerprint density at radius 2 is 0.837 bits per heavy atom. The zero-order chi connectivity index (χ0) is 74.2. The number of amides is 3. The fraction of sp³-hybridized carbons (Fsp3) is 0.716. The molecule has 2 aromatic rings. The molecule has 98 heavy (non-hydrogen) atoms. The summed E-state index contributed by atoms with van der Waals surface area (Å²) < 4.78 is 40.5. The highest BCUT2D eigenvalue weighted by atomic mass is 35.5. The zero-order valence-corrected chi connectivity index (χ0v) is 61.3. The van der Waals surface area contributed by atoms with Gasteiger partial charge < -0.3 is 83.5 Å². The smallest absolute Gasteiger partial charge is 0.465 e. The fourth-order valence-electron chi connectivity index (χ4n) is 8.87. The van der Waals surface area contributed by atoms with E-state index < -0.39 is 44.3 Å². The average molecular weight is 1410 g/mol. The average Bonchev–Trinajstić information content (AvgIpc) is 0.850. The molecular weight excluding hydrogens is 1300 g/mol. The number of rotatable bonds is 27. The number of benzene rings is 2. The molecule has 0 unspecified atom stereocenters. The second-order valence-corrected chi connectivity index (χ2v) is 26.7. The van der Waals surface area contributed by atoms with Gasteiger partial charge in [-0.15, -0.1) is 0 Å². The van der Waals surface area contributed by atoms with E-state index >= 15 is 0 Å². The third-order valence-electron chi connectivity index (χ3n) is 14.7. The van der Waals surface area contributed by atoms with Gasteiger partial charge in [0.2, 0.25) is 0 Å². The molecule has 0 radical (unpaired) electrons. The van der Waals surface area contributed by atoms with E-state index in [1.165, 1.54) is 53.4 Å². The quantitative estimate of drug-likeness (QED) is 0.0187. The largest absolute Gasteiger partial charge is 0.513 e. The molecule has 30 nitrogen and oxygen atoms in total. The lowest BCUT2D eigenvalue weighted by molar-refractivity contribution is -0.385. The summed E-state index contributed by atoms with van der Waals surface area (Å²) in [7, 11) is 0. The van der Waals surface area contributed by atoms with Crippen LogP contribution in [-0.2, 0) is 38.0 Å². The molecule has 4 heterocycles. The van der Waals surface area contributed by atoms with Crippen molar-refractivity contribution < 1.29 is 86.4 Å². The van der Waals surface area contributed by atoms with Gasteiger partial charge in [0, 0.05) is 144 Å². The zero-order valence-electron chi connectivity index (χ0n) is 60.5. The van der Waals surface area contributed by atoms with Gasteiger partial charge in [-0.1, -0.05) is 41.5 Å². The van der Waals surface area contributed by atoms with E-state index in [0.717, 1.165) is 91.4 Å². The first-order chi connectivity index (χ1) is 46.0. The summed E-state index contributed by atoms with van der Waals surface area (Å²) in [6.07, 6.45) is 0.882. The van der Waals surface area contributed by atoms with Gasteiger partial charge in [0.05, 0.1) is 23.1 Å². The first-order valence-corrected chi connectivity index (χ1v) is 34.0. The first-order valence-electron chi connectivity index (χ1n) is 33.7. The Labute approximate surface area is 583 Å². The summed E-state index contributed by atoms with van der Waals surface area (Å²) in [5.74, 6) is 1.18. The topological polar surface area (TPSA) is 357 Å². The molecule has 0 saturated carbocycles. The van der Waals surface area contributed by atoms with E-state index in [0.29, 0.717) is 71.2 Å². The van der Waals surface area contributed by atoms with Crippen molar-refractivity contribution in [2.24, 2.45) is 29.4 Å². The lowest BCUT2D eigenvalue weighted by Gasteiger charge is -2.39. The van der Waals surface area contributed by atoms with Crippen molar-refractivity contribution >= 4 is 64.8 Å². The number of nitro benzene ring substituents is 2. The number of aliphatic hydroxyl groups excluding tert-OH is 1. The summed E-state index contributed by atoms with van der Waals surface area (Å²) in [5, 5.41) is 32.6. The van der Waals surface area contributed by atoms with Gasteiger partial charge in [-0.2, -0.15) is 0 Å². The number of likely N-dealkylation sites (N-methyl/N-ethyl adjacent to an activating group) is 1. The predicted molar refractivity (Wildman–Crippen MR) is 370 cm³/mol. The molecule has 0 atom stereocenters. The van der Waals surface area contributed by atoms with Crippen LogP contribution in [0.2, 0.25) is 0 Å². The second kappa shape index (κ2) is 46.9. The third kappa shape index (κ3) is 40.6. The lowest BCUT2D eigenvalue weighted by Crippen LogP contribution is -2.53. The Bertz CT molecular complexity index is 2660. The third-order valence-corrected chi connectivity index (χ3v) is 14.8. The van der Waals surface area contributed by atoms with Crippen LogP contribution >= 0.6 is 11.6 Å². The van der Waals surface area contributed by atoms with E-state index in [-0.39, 0.29) is 78.0 Å². The Hall–Kier alpha value is -7.22. The molecule has 4 aliphatic rings. The lowest BCUT2D eigenvalue weighted by atomic mass is 10.0. The van der Waals surface area contributed by atoms with Gasteiger partial charge in [0.1, 0.15) is 34.9 Å². The van der Waals surface area contributed by atoms with Crippen LogP contribution < -0.4 is 20.5 Å². The molecule has 558 valence electrons. The monoisotopic (exact) mass is 1410 g/mol. The van der Waals surface area contributed by atoms with Gasteiger partial charge in [0.15, 0.2) is 0 Å². The minimum atomic E-state index is -0.978. The van der Waals surface area contributed by atoms with Gasteiger partial charge in [-0.3, -0.25) is 29.8 Å². The van der Waals surface area contributed by atoms with E-state index in [9.17, 15) is 53.8 Å². The maximum Gasteiger partial charge on any atom is 0.513 e. The van der Waals surface area contributed by atoms with Crippen molar-refractivity contribution in [3.05, 3.63) is 68.8 Å². The highest BCUT2D eigenvalue weighted by Gasteiger charge is 2.36. The van der Waals surface area contributed by atoms with Crippen molar-refractivity contribution in [3.8, 4) is 11.5 Å².